The molecule has 5 nitrogen and oxygen atoms in total. The molecule has 0 amide bonds. The summed E-state index contributed by atoms with van der Waals surface area (Å²) >= 11 is 0. The highest BCUT2D eigenvalue weighted by Gasteiger charge is 2.19. The van der Waals surface area contributed by atoms with E-state index in [0.717, 1.165) is 45.4 Å². The van der Waals surface area contributed by atoms with Crippen LogP contribution in [0.25, 0.3) is 0 Å². The third kappa shape index (κ3) is 5.77. The van der Waals surface area contributed by atoms with Crippen molar-refractivity contribution < 1.29 is 13.2 Å². The Morgan fingerprint density at radius 3 is 2.79 bits per heavy atom. The van der Waals surface area contributed by atoms with Gasteiger partial charge < -0.3 is 10.1 Å². The number of ether oxygens (including phenoxy) is 1. The maximum atomic E-state index is 11.9. The highest BCUT2D eigenvalue weighted by molar-refractivity contribution is 7.89. The molecule has 2 atom stereocenters. The molecule has 112 valence electrons. The van der Waals surface area contributed by atoms with Gasteiger partial charge in [0.15, 0.2) is 0 Å². The lowest BCUT2D eigenvalue weighted by atomic mass is 10.0. The molecule has 0 aromatic heterocycles. The van der Waals surface area contributed by atoms with Crippen molar-refractivity contribution in [2.75, 3.05) is 32.1 Å². The van der Waals surface area contributed by atoms with E-state index in [1.54, 1.807) is 0 Å². The van der Waals surface area contributed by atoms with Gasteiger partial charge in [-0.25, -0.2) is 13.1 Å². The molecular weight excluding hydrogens is 264 g/mol. The minimum atomic E-state index is -3.10. The molecule has 2 aliphatic heterocycles. The summed E-state index contributed by atoms with van der Waals surface area (Å²) < 4.78 is 31.7. The maximum Gasteiger partial charge on any atom is 0.211 e. The summed E-state index contributed by atoms with van der Waals surface area (Å²) in [6, 6.07) is 0.383. The first-order valence-corrected chi connectivity index (χ1v) is 9.09. The third-order valence-corrected chi connectivity index (χ3v) is 5.46. The van der Waals surface area contributed by atoms with E-state index in [9.17, 15) is 8.42 Å². The Morgan fingerprint density at radius 1 is 1.21 bits per heavy atom. The number of piperidine rings is 1. The number of hydrogen-bond acceptors (Lipinski definition) is 4. The van der Waals surface area contributed by atoms with Crippen molar-refractivity contribution in [1.82, 2.24) is 10.0 Å². The zero-order valence-electron chi connectivity index (χ0n) is 11.6. The molecule has 2 rings (SSSR count). The first-order chi connectivity index (χ1) is 9.16. The lowest BCUT2D eigenvalue weighted by Crippen LogP contribution is -2.37. The van der Waals surface area contributed by atoms with Crippen molar-refractivity contribution in [3.63, 3.8) is 0 Å². The van der Waals surface area contributed by atoms with E-state index in [-0.39, 0.29) is 5.75 Å². The van der Waals surface area contributed by atoms with Crippen LogP contribution in [0.2, 0.25) is 0 Å². The summed E-state index contributed by atoms with van der Waals surface area (Å²) in [6.07, 6.45) is 6.21. The van der Waals surface area contributed by atoms with Gasteiger partial charge in [-0.05, 0) is 44.6 Å². The van der Waals surface area contributed by atoms with Crippen LogP contribution in [0.15, 0.2) is 0 Å². The van der Waals surface area contributed by atoms with E-state index in [2.05, 4.69) is 10.0 Å². The van der Waals surface area contributed by atoms with E-state index in [1.807, 2.05) is 0 Å². The summed E-state index contributed by atoms with van der Waals surface area (Å²) in [7, 11) is -3.10. The number of hydrogen-bond donors (Lipinski definition) is 2. The van der Waals surface area contributed by atoms with Crippen molar-refractivity contribution in [2.45, 2.75) is 44.6 Å². The fourth-order valence-corrected chi connectivity index (χ4v) is 3.94. The van der Waals surface area contributed by atoms with Crippen molar-refractivity contribution >= 4 is 10.0 Å². The highest BCUT2D eigenvalue weighted by Crippen LogP contribution is 2.15. The Kier molecular flexibility index (Phi) is 6.06. The molecule has 0 saturated carbocycles. The monoisotopic (exact) mass is 290 g/mol. The zero-order chi connectivity index (χ0) is 13.6. The van der Waals surface area contributed by atoms with Gasteiger partial charge in [-0.2, -0.15) is 0 Å². The van der Waals surface area contributed by atoms with Crippen molar-refractivity contribution in [2.24, 2.45) is 5.92 Å². The molecule has 2 fully saturated rings. The second-order valence-corrected chi connectivity index (χ2v) is 7.59. The van der Waals surface area contributed by atoms with Gasteiger partial charge in [0.25, 0.3) is 0 Å². The maximum absolute atomic E-state index is 11.9. The SMILES string of the molecule is O=S(=O)(CCC1CCCCN1)NCCC1CCOC1. The summed E-state index contributed by atoms with van der Waals surface area (Å²) in [6.45, 7) is 3.19. The molecule has 19 heavy (non-hydrogen) atoms. The van der Waals surface area contributed by atoms with Gasteiger partial charge in [0.1, 0.15) is 0 Å². The van der Waals surface area contributed by atoms with Crippen LogP contribution in [0.1, 0.15) is 38.5 Å². The van der Waals surface area contributed by atoms with Gasteiger partial charge in [0.05, 0.1) is 5.75 Å². The highest BCUT2D eigenvalue weighted by atomic mass is 32.2. The predicted molar refractivity (Wildman–Crippen MR) is 75.6 cm³/mol. The molecule has 2 N–H and O–H groups in total. The molecule has 2 saturated heterocycles. The van der Waals surface area contributed by atoms with Crippen LogP contribution in [0.3, 0.4) is 0 Å². The van der Waals surface area contributed by atoms with Crippen LogP contribution in [0.5, 0.6) is 0 Å². The Labute approximate surface area is 116 Å². The topological polar surface area (TPSA) is 67.4 Å². The van der Waals surface area contributed by atoms with Crippen LogP contribution >= 0.6 is 0 Å². The van der Waals surface area contributed by atoms with Crippen molar-refractivity contribution in [3.05, 3.63) is 0 Å². The van der Waals surface area contributed by atoms with Gasteiger partial charge in [0, 0.05) is 25.8 Å². The summed E-state index contributed by atoms with van der Waals surface area (Å²) in [5.74, 6) is 0.772. The third-order valence-electron chi connectivity index (χ3n) is 4.05. The molecule has 6 heteroatoms. The molecule has 0 aromatic rings. The van der Waals surface area contributed by atoms with Gasteiger partial charge in [0.2, 0.25) is 10.0 Å². The Bertz CT molecular complexity index is 347. The molecule has 0 aromatic carbocycles. The van der Waals surface area contributed by atoms with Crippen LogP contribution in [0.4, 0.5) is 0 Å². The van der Waals surface area contributed by atoms with E-state index < -0.39 is 10.0 Å². The van der Waals surface area contributed by atoms with Crippen molar-refractivity contribution in [1.29, 1.82) is 0 Å². The fourth-order valence-electron chi connectivity index (χ4n) is 2.77. The predicted octanol–water partition coefficient (Wildman–Crippen LogP) is 0.865. The standard InChI is InChI=1S/C13H26N2O3S/c16-19(17,10-6-13-3-1-2-7-14-13)15-8-4-12-5-9-18-11-12/h12-15H,1-11H2. The van der Waals surface area contributed by atoms with E-state index >= 15 is 0 Å². The van der Waals surface area contributed by atoms with Crippen molar-refractivity contribution in [3.8, 4) is 0 Å². The molecule has 0 bridgehead atoms. The van der Waals surface area contributed by atoms with Crippen LogP contribution in [0, 0.1) is 5.92 Å². The summed E-state index contributed by atoms with van der Waals surface area (Å²) in [5.41, 5.74) is 0. The molecule has 0 radical (unpaired) electrons. The Morgan fingerprint density at radius 2 is 2.11 bits per heavy atom. The van der Waals surface area contributed by atoms with Gasteiger partial charge in [-0.1, -0.05) is 6.42 Å². The van der Waals surface area contributed by atoms with E-state index in [1.165, 1.54) is 12.8 Å². The zero-order valence-corrected chi connectivity index (χ0v) is 12.4. The lowest BCUT2D eigenvalue weighted by molar-refractivity contribution is 0.184. The lowest BCUT2D eigenvalue weighted by Gasteiger charge is -2.23. The minimum Gasteiger partial charge on any atom is -0.381 e. The molecule has 2 unspecified atom stereocenters. The molecule has 2 heterocycles. The van der Waals surface area contributed by atoms with E-state index in [0.29, 0.717) is 18.5 Å². The smallest absolute Gasteiger partial charge is 0.211 e. The summed E-state index contributed by atoms with van der Waals surface area (Å²) in [4.78, 5) is 0. The number of sulfonamides is 1. The van der Waals surface area contributed by atoms with Crippen LogP contribution in [-0.4, -0.2) is 46.5 Å². The normalized spacial score (nSPS) is 28.6. The Hall–Kier alpha value is -0.170. The van der Waals surface area contributed by atoms with Gasteiger partial charge >= 0.3 is 0 Å². The average molecular weight is 290 g/mol. The van der Waals surface area contributed by atoms with Crippen LogP contribution < -0.4 is 10.0 Å². The molecular formula is C13H26N2O3S. The van der Waals surface area contributed by atoms with E-state index in [4.69, 9.17) is 4.74 Å². The summed E-state index contributed by atoms with van der Waals surface area (Å²) in [5, 5.41) is 3.38. The fraction of sp³-hybridized carbons (Fsp3) is 1.00. The second-order valence-electron chi connectivity index (χ2n) is 5.67. The molecule has 2 aliphatic rings. The van der Waals surface area contributed by atoms with Gasteiger partial charge in [-0.15, -0.1) is 0 Å². The quantitative estimate of drug-likeness (QED) is 0.730. The first-order valence-electron chi connectivity index (χ1n) is 7.44. The largest absolute Gasteiger partial charge is 0.381 e. The molecule has 0 aliphatic carbocycles. The minimum absolute atomic E-state index is 0.242. The van der Waals surface area contributed by atoms with Gasteiger partial charge in [-0.3, -0.25) is 0 Å². The molecule has 0 spiro atoms. The average Bonchev–Trinajstić information content (AvgIpc) is 2.91. The van der Waals surface area contributed by atoms with Crippen LogP contribution in [-0.2, 0) is 14.8 Å². The number of rotatable bonds is 7. The first kappa shape index (κ1) is 15.2. The number of nitrogens with one attached hydrogen (secondary N) is 2. The second kappa shape index (κ2) is 7.57. The Balaban J connectivity index is 1.60.